The lowest BCUT2D eigenvalue weighted by Crippen LogP contribution is -2.43. The fraction of sp³-hybridized carbons (Fsp3) is 1.00. The summed E-state index contributed by atoms with van der Waals surface area (Å²) < 4.78 is 0. The largest absolute Gasteiger partial charge is 0.297 e. The van der Waals surface area contributed by atoms with Gasteiger partial charge in [0.25, 0.3) is 0 Å². The number of halogens is 1. The number of hydrogen-bond acceptors (Lipinski definition) is 1. The molecule has 0 aliphatic heterocycles. The van der Waals surface area contributed by atoms with Crippen molar-refractivity contribution >= 4 is 11.6 Å². The van der Waals surface area contributed by atoms with E-state index in [1.54, 1.807) is 0 Å². The van der Waals surface area contributed by atoms with Crippen LogP contribution in [0, 0.1) is 0 Å². The Morgan fingerprint density at radius 2 is 1.93 bits per heavy atom. The first-order chi connectivity index (χ1) is 6.79. The summed E-state index contributed by atoms with van der Waals surface area (Å²) in [5.41, 5.74) is 0. The quantitative estimate of drug-likeness (QED) is 0.636. The molecule has 0 heterocycles. The van der Waals surface area contributed by atoms with Gasteiger partial charge in [-0.15, -0.1) is 11.6 Å². The van der Waals surface area contributed by atoms with Crippen molar-refractivity contribution in [1.82, 2.24) is 4.90 Å². The number of hydrogen-bond donors (Lipinski definition) is 0. The molecule has 1 fully saturated rings. The molecule has 0 amide bonds. The molecule has 0 aromatic rings. The molecule has 2 heteroatoms. The van der Waals surface area contributed by atoms with Crippen molar-refractivity contribution < 1.29 is 0 Å². The highest BCUT2D eigenvalue weighted by Gasteiger charge is 2.23. The van der Waals surface area contributed by atoms with E-state index >= 15 is 0 Å². The molecule has 0 saturated heterocycles. The summed E-state index contributed by atoms with van der Waals surface area (Å²) in [6.45, 7) is 5.68. The van der Waals surface area contributed by atoms with Crippen LogP contribution in [0.15, 0.2) is 0 Å². The van der Waals surface area contributed by atoms with E-state index in [1.165, 1.54) is 38.5 Å². The van der Waals surface area contributed by atoms with Gasteiger partial charge >= 0.3 is 0 Å². The maximum Gasteiger partial charge on any atom is 0.0351 e. The first kappa shape index (κ1) is 12.3. The highest BCUT2D eigenvalue weighted by molar-refractivity contribution is 6.18. The van der Waals surface area contributed by atoms with E-state index in [2.05, 4.69) is 18.7 Å². The van der Waals surface area contributed by atoms with Crippen molar-refractivity contribution in [1.29, 1.82) is 0 Å². The van der Waals surface area contributed by atoms with E-state index in [0.29, 0.717) is 6.04 Å². The second-order valence-electron chi connectivity index (χ2n) is 4.48. The summed E-state index contributed by atoms with van der Waals surface area (Å²) in [7, 11) is 0. The molecule has 1 saturated carbocycles. The minimum absolute atomic E-state index is 0.705. The monoisotopic (exact) mass is 217 g/mol. The van der Waals surface area contributed by atoms with Crippen molar-refractivity contribution in [2.45, 2.75) is 64.5 Å². The van der Waals surface area contributed by atoms with E-state index in [4.69, 9.17) is 11.6 Å². The van der Waals surface area contributed by atoms with E-state index in [0.717, 1.165) is 18.5 Å². The normalized spacial score (nSPS) is 21.4. The zero-order valence-corrected chi connectivity index (χ0v) is 10.4. The van der Waals surface area contributed by atoms with Crippen LogP contribution >= 0.6 is 11.6 Å². The second kappa shape index (κ2) is 6.68. The zero-order valence-electron chi connectivity index (χ0n) is 9.64. The van der Waals surface area contributed by atoms with Gasteiger partial charge in [-0.2, -0.15) is 0 Å². The van der Waals surface area contributed by atoms with Gasteiger partial charge < -0.3 is 0 Å². The van der Waals surface area contributed by atoms with Crippen LogP contribution in [-0.4, -0.2) is 29.4 Å². The molecular weight excluding hydrogens is 194 g/mol. The van der Waals surface area contributed by atoms with Gasteiger partial charge in [-0.3, -0.25) is 4.90 Å². The molecule has 0 aromatic carbocycles. The lowest BCUT2D eigenvalue weighted by molar-refractivity contribution is 0.117. The molecule has 1 aliphatic rings. The van der Waals surface area contributed by atoms with E-state index in [-0.39, 0.29) is 0 Å². The number of rotatable bonds is 5. The predicted octanol–water partition coefficient (Wildman–Crippen LogP) is 3.66. The Labute approximate surface area is 93.8 Å². The first-order valence-electron chi connectivity index (χ1n) is 6.11. The summed E-state index contributed by atoms with van der Waals surface area (Å²) in [5.74, 6) is 0.779. The van der Waals surface area contributed by atoms with Gasteiger partial charge in [0.05, 0.1) is 0 Å². The van der Waals surface area contributed by atoms with Gasteiger partial charge in [0.15, 0.2) is 0 Å². The fourth-order valence-electron chi connectivity index (χ4n) is 2.51. The number of nitrogens with zero attached hydrogens (tertiary/aromatic N) is 1. The topological polar surface area (TPSA) is 3.24 Å². The Kier molecular flexibility index (Phi) is 5.88. The van der Waals surface area contributed by atoms with Gasteiger partial charge in [0.1, 0.15) is 0 Å². The summed E-state index contributed by atoms with van der Waals surface area (Å²) in [6, 6.07) is 1.52. The summed E-state index contributed by atoms with van der Waals surface area (Å²) in [6.07, 6.45) is 8.29. The Hall–Kier alpha value is 0.250. The third-order valence-electron chi connectivity index (χ3n) is 3.54. The fourth-order valence-corrected chi connectivity index (χ4v) is 2.70. The van der Waals surface area contributed by atoms with Crippen LogP contribution in [-0.2, 0) is 0 Å². The van der Waals surface area contributed by atoms with Crippen LogP contribution in [0.2, 0.25) is 0 Å². The molecule has 1 unspecified atom stereocenters. The van der Waals surface area contributed by atoms with Crippen LogP contribution in [0.3, 0.4) is 0 Å². The molecule has 1 atom stereocenters. The minimum atomic E-state index is 0.705. The van der Waals surface area contributed by atoms with Crippen LogP contribution in [0.1, 0.15) is 52.4 Å². The summed E-state index contributed by atoms with van der Waals surface area (Å²) >= 11 is 5.87. The van der Waals surface area contributed by atoms with E-state index < -0.39 is 0 Å². The molecular formula is C12H24ClN. The Bertz CT molecular complexity index is 143. The molecule has 0 bridgehead atoms. The Morgan fingerprint density at radius 3 is 2.43 bits per heavy atom. The van der Waals surface area contributed by atoms with Crippen molar-refractivity contribution in [3.63, 3.8) is 0 Å². The molecule has 14 heavy (non-hydrogen) atoms. The molecule has 1 rings (SSSR count). The third kappa shape index (κ3) is 3.43. The van der Waals surface area contributed by atoms with E-state index in [1.807, 2.05) is 0 Å². The molecule has 1 aliphatic carbocycles. The average molecular weight is 218 g/mol. The van der Waals surface area contributed by atoms with E-state index in [9.17, 15) is 0 Å². The Balaban J connectivity index is 2.46. The van der Waals surface area contributed by atoms with Gasteiger partial charge in [-0.05, 0) is 26.2 Å². The van der Waals surface area contributed by atoms with Crippen molar-refractivity contribution in [2.24, 2.45) is 0 Å². The molecule has 0 N–H and O–H groups in total. The predicted molar refractivity (Wildman–Crippen MR) is 64.1 cm³/mol. The molecule has 1 nitrogen and oxygen atoms in total. The average Bonchev–Trinajstić information content (AvgIpc) is 2.26. The van der Waals surface area contributed by atoms with Gasteiger partial charge in [0, 0.05) is 24.5 Å². The Morgan fingerprint density at radius 1 is 1.29 bits per heavy atom. The van der Waals surface area contributed by atoms with Crippen LogP contribution in [0.5, 0.6) is 0 Å². The van der Waals surface area contributed by atoms with Crippen molar-refractivity contribution in [3.05, 3.63) is 0 Å². The van der Waals surface area contributed by atoms with Gasteiger partial charge in [-0.1, -0.05) is 26.2 Å². The molecule has 0 aromatic heterocycles. The highest BCUT2D eigenvalue weighted by Crippen LogP contribution is 2.24. The smallest absolute Gasteiger partial charge is 0.0351 e. The second-order valence-corrected chi connectivity index (χ2v) is 4.85. The zero-order chi connectivity index (χ0) is 10.4. The lowest BCUT2D eigenvalue weighted by atomic mass is 9.93. The van der Waals surface area contributed by atoms with Crippen molar-refractivity contribution in [2.75, 3.05) is 12.4 Å². The van der Waals surface area contributed by atoms with Gasteiger partial charge in [-0.25, -0.2) is 0 Å². The van der Waals surface area contributed by atoms with Crippen LogP contribution in [0.4, 0.5) is 0 Å². The third-order valence-corrected chi connectivity index (χ3v) is 3.71. The summed E-state index contributed by atoms with van der Waals surface area (Å²) in [5, 5.41) is 0. The summed E-state index contributed by atoms with van der Waals surface area (Å²) in [4.78, 5) is 2.63. The number of alkyl halides is 1. The SMILES string of the molecule is CCC(C)N(CCCl)C1CCCCC1. The maximum absolute atomic E-state index is 5.87. The van der Waals surface area contributed by atoms with Crippen molar-refractivity contribution in [3.8, 4) is 0 Å². The first-order valence-corrected chi connectivity index (χ1v) is 6.64. The lowest BCUT2D eigenvalue weighted by Gasteiger charge is -2.38. The van der Waals surface area contributed by atoms with Gasteiger partial charge in [0.2, 0.25) is 0 Å². The highest BCUT2D eigenvalue weighted by atomic mass is 35.5. The maximum atomic E-state index is 5.87. The standard InChI is InChI=1S/C12H24ClN/c1-3-11(2)14(10-9-13)12-7-5-4-6-8-12/h11-12H,3-10H2,1-2H3. The van der Waals surface area contributed by atoms with Crippen LogP contribution in [0.25, 0.3) is 0 Å². The minimum Gasteiger partial charge on any atom is -0.297 e. The molecule has 0 spiro atoms. The molecule has 84 valence electrons. The van der Waals surface area contributed by atoms with Crippen LogP contribution < -0.4 is 0 Å². The molecule has 0 radical (unpaired) electrons.